The van der Waals surface area contributed by atoms with Crippen LogP contribution < -0.4 is 10.9 Å². The van der Waals surface area contributed by atoms with Crippen molar-refractivity contribution in [1.82, 2.24) is 31.1 Å². The summed E-state index contributed by atoms with van der Waals surface area (Å²) in [5.41, 5.74) is 5.67. The van der Waals surface area contributed by atoms with Crippen LogP contribution in [0.3, 0.4) is 0 Å². The number of hydrogen-bond acceptors (Lipinski definition) is 7. The molecule has 26 heavy (non-hydrogen) atoms. The van der Waals surface area contributed by atoms with E-state index in [0.29, 0.717) is 16.1 Å². The number of hydrazine groups is 1. The van der Waals surface area contributed by atoms with Crippen molar-refractivity contribution >= 4 is 28.9 Å². The smallest absolute Gasteiger partial charge is 0.269 e. The number of aromatic nitrogens is 4. The van der Waals surface area contributed by atoms with Crippen molar-refractivity contribution in [2.45, 2.75) is 12.8 Å². The third kappa shape index (κ3) is 4.36. The third-order valence-electron chi connectivity index (χ3n) is 3.43. The Kier molecular flexibility index (Phi) is 5.44. The van der Waals surface area contributed by atoms with E-state index < -0.39 is 11.8 Å². The van der Waals surface area contributed by atoms with Gasteiger partial charge in [0.1, 0.15) is 6.33 Å². The van der Waals surface area contributed by atoms with E-state index in [-0.39, 0.29) is 18.6 Å². The van der Waals surface area contributed by atoms with E-state index in [9.17, 15) is 14.4 Å². The zero-order chi connectivity index (χ0) is 18.4. The van der Waals surface area contributed by atoms with E-state index in [1.807, 2.05) is 0 Å². The van der Waals surface area contributed by atoms with Crippen molar-refractivity contribution in [2.24, 2.45) is 0 Å². The molecular formula is C16H14N6O3S. The molecule has 2 heterocycles. The molecule has 0 fully saturated rings. The molecule has 0 saturated heterocycles. The largest absolute Gasteiger partial charge is 0.293 e. The molecule has 0 atom stereocenters. The lowest BCUT2D eigenvalue weighted by Gasteiger charge is -2.07. The molecule has 2 N–H and O–H groups in total. The minimum atomic E-state index is -0.466. The first-order valence-corrected chi connectivity index (χ1v) is 8.51. The van der Waals surface area contributed by atoms with Gasteiger partial charge in [0.15, 0.2) is 5.78 Å². The van der Waals surface area contributed by atoms with Crippen LogP contribution in [0.25, 0.3) is 5.69 Å². The molecule has 0 spiro atoms. The van der Waals surface area contributed by atoms with Gasteiger partial charge in [-0.3, -0.25) is 25.2 Å². The number of benzene rings is 1. The zero-order valence-corrected chi connectivity index (χ0v) is 14.3. The molecule has 3 aromatic rings. The van der Waals surface area contributed by atoms with Crippen LogP contribution in [0.5, 0.6) is 0 Å². The van der Waals surface area contributed by atoms with Gasteiger partial charge in [0.05, 0.1) is 10.6 Å². The average molecular weight is 370 g/mol. The maximum absolute atomic E-state index is 12.0. The molecular weight excluding hydrogens is 356 g/mol. The van der Waals surface area contributed by atoms with Gasteiger partial charge in [0.2, 0.25) is 5.91 Å². The quantitative estimate of drug-likeness (QED) is 0.496. The van der Waals surface area contributed by atoms with Crippen molar-refractivity contribution in [3.05, 3.63) is 58.5 Å². The molecule has 132 valence electrons. The Labute approximate surface area is 152 Å². The summed E-state index contributed by atoms with van der Waals surface area (Å²) in [7, 11) is 0. The van der Waals surface area contributed by atoms with Gasteiger partial charge in [-0.15, -0.1) is 16.4 Å². The number of amides is 2. The van der Waals surface area contributed by atoms with Gasteiger partial charge in [0.25, 0.3) is 5.91 Å². The summed E-state index contributed by atoms with van der Waals surface area (Å²) in [6, 6.07) is 10.0. The number of ketones is 1. The Hall–Kier alpha value is -3.40. The summed E-state index contributed by atoms with van der Waals surface area (Å²) in [5.74, 6) is -1.00. The normalized spacial score (nSPS) is 10.3. The molecule has 2 aromatic heterocycles. The Morgan fingerprint density at radius 2 is 1.85 bits per heavy atom. The SMILES string of the molecule is O=C(CCC(=O)c1cccs1)NNC(=O)c1ccc(-n2cnnn2)cc1. The van der Waals surface area contributed by atoms with Crippen LogP contribution in [-0.2, 0) is 4.79 Å². The number of hydrogen-bond donors (Lipinski definition) is 2. The van der Waals surface area contributed by atoms with Crippen molar-refractivity contribution in [2.75, 3.05) is 0 Å². The topological polar surface area (TPSA) is 119 Å². The number of carbonyl (C=O) groups excluding carboxylic acids is 3. The summed E-state index contributed by atoms with van der Waals surface area (Å²) in [6.07, 6.45) is 1.52. The number of thiophene rings is 1. The highest BCUT2D eigenvalue weighted by atomic mass is 32.1. The molecule has 0 saturated carbocycles. The highest BCUT2D eigenvalue weighted by molar-refractivity contribution is 7.12. The monoisotopic (exact) mass is 370 g/mol. The first-order chi connectivity index (χ1) is 12.6. The van der Waals surface area contributed by atoms with E-state index >= 15 is 0 Å². The van der Waals surface area contributed by atoms with Crippen LogP contribution in [0.15, 0.2) is 48.1 Å². The third-order valence-corrected chi connectivity index (χ3v) is 4.34. The standard InChI is InChI=1S/C16H14N6O3S/c23-13(14-2-1-9-26-14)7-8-15(24)18-19-16(25)11-3-5-12(6-4-11)22-10-17-20-21-22/h1-6,9-10H,7-8H2,(H,18,24)(H,19,25). The maximum Gasteiger partial charge on any atom is 0.269 e. The highest BCUT2D eigenvalue weighted by Crippen LogP contribution is 2.12. The molecule has 0 aliphatic carbocycles. The highest BCUT2D eigenvalue weighted by Gasteiger charge is 2.11. The van der Waals surface area contributed by atoms with Crippen LogP contribution >= 0.6 is 11.3 Å². The fraction of sp³-hybridized carbons (Fsp3) is 0.125. The van der Waals surface area contributed by atoms with Gasteiger partial charge in [-0.05, 0) is 46.1 Å². The molecule has 3 rings (SSSR count). The number of Topliss-reactive ketones (excluding diaryl/α,β-unsaturated/α-hetero) is 1. The number of nitrogens with zero attached hydrogens (tertiary/aromatic N) is 4. The second-order valence-corrected chi connectivity index (χ2v) is 6.15. The number of rotatable bonds is 6. The van der Waals surface area contributed by atoms with Crippen LogP contribution in [0, 0.1) is 0 Å². The van der Waals surface area contributed by atoms with Gasteiger partial charge < -0.3 is 0 Å². The Morgan fingerprint density at radius 3 is 2.50 bits per heavy atom. The fourth-order valence-electron chi connectivity index (χ4n) is 2.09. The van der Waals surface area contributed by atoms with E-state index in [1.165, 1.54) is 22.3 Å². The molecule has 0 radical (unpaired) electrons. The molecule has 2 amide bonds. The lowest BCUT2D eigenvalue weighted by Crippen LogP contribution is -2.41. The van der Waals surface area contributed by atoms with Gasteiger partial charge in [0, 0.05) is 18.4 Å². The van der Waals surface area contributed by atoms with Crippen LogP contribution in [0.4, 0.5) is 0 Å². The predicted molar refractivity (Wildman–Crippen MR) is 92.6 cm³/mol. The summed E-state index contributed by atoms with van der Waals surface area (Å²) in [4.78, 5) is 36.2. The molecule has 10 heteroatoms. The minimum absolute atomic E-state index is 0.00471. The van der Waals surface area contributed by atoms with Crippen molar-refractivity contribution < 1.29 is 14.4 Å². The van der Waals surface area contributed by atoms with E-state index in [4.69, 9.17) is 0 Å². The van der Waals surface area contributed by atoms with Gasteiger partial charge in [-0.25, -0.2) is 4.68 Å². The molecule has 0 bridgehead atoms. The molecule has 9 nitrogen and oxygen atoms in total. The first-order valence-electron chi connectivity index (χ1n) is 7.63. The fourth-order valence-corrected chi connectivity index (χ4v) is 2.79. The second kappa shape index (κ2) is 8.12. The van der Waals surface area contributed by atoms with Crippen molar-refractivity contribution in [3.8, 4) is 5.69 Å². The second-order valence-electron chi connectivity index (χ2n) is 5.20. The van der Waals surface area contributed by atoms with Crippen LogP contribution in [-0.4, -0.2) is 37.8 Å². The van der Waals surface area contributed by atoms with Crippen molar-refractivity contribution in [3.63, 3.8) is 0 Å². The average Bonchev–Trinajstić information content (AvgIpc) is 3.38. The Bertz CT molecular complexity index is 891. The van der Waals surface area contributed by atoms with E-state index in [2.05, 4.69) is 26.4 Å². The molecule has 0 aliphatic heterocycles. The summed E-state index contributed by atoms with van der Waals surface area (Å²) >= 11 is 1.33. The van der Waals surface area contributed by atoms with Crippen LogP contribution in [0.1, 0.15) is 32.9 Å². The maximum atomic E-state index is 12.0. The van der Waals surface area contributed by atoms with Crippen molar-refractivity contribution in [1.29, 1.82) is 0 Å². The summed E-state index contributed by atoms with van der Waals surface area (Å²) < 4.78 is 1.45. The Morgan fingerprint density at radius 1 is 1.04 bits per heavy atom. The molecule has 0 unspecified atom stereocenters. The predicted octanol–water partition coefficient (Wildman–Crippen LogP) is 1.15. The first kappa shape index (κ1) is 17.4. The molecule has 1 aromatic carbocycles. The lowest BCUT2D eigenvalue weighted by molar-refractivity contribution is -0.121. The van der Waals surface area contributed by atoms with Gasteiger partial charge >= 0.3 is 0 Å². The van der Waals surface area contributed by atoms with E-state index in [1.54, 1.807) is 41.8 Å². The van der Waals surface area contributed by atoms with Gasteiger partial charge in [-0.1, -0.05) is 6.07 Å². The number of nitrogens with one attached hydrogen (secondary N) is 2. The summed E-state index contributed by atoms with van der Waals surface area (Å²) in [5, 5.41) is 12.6. The minimum Gasteiger partial charge on any atom is -0.293 e. The Balaban J connectivity index is 1.46. The number of tetrazole rings is 1. The molecule has 0 aliphatic rings. The van der Waals surface area contributed by atoms with Crippen LogP contribution in [0.2, 0.25) is 0 Å². The van der Waals surface area contributed by atoms with Gasteiger partial charge in [-0.2, -0.15) is 0 Å². The lowest BCUT2D eigenvalue weighted by atomic mass is 10.2. The van der Waals surface area contributed by atoms with E-state index in [0.717, 1.165) is 0 Å². The summed E-state index contributed by atoms with van der Waals surface area (Å²) in [6.45, 7) is 0. The zero-order valence-electron chi connectivity index (χ0n) is 13.5. The number of carbonyl (C=O) groups is 3.